The Hall–Kier alpha value is -2.83. The summed E-state index contributed by atoms with van der Waals surface area (Å²) in [4.78, 5) is 24.0. The molecule has 1 heterocycles. The van der Waals surface area contributed by atoms with E-state index in [0.717, 1.165) is 17.1 Å². The van der Waals surface area contributed by atoms with E-state index in [2.05, 4.69) is 30.9 Å². The summed E-state index contributed by atoms with van der Waals surface area (Å²) in [5.41, 5.74) is 1.79. The summed E-state index contributed by atoms with van der Waals surface area (Å²) in [6, 6.07) is 10.0. The van der Waals surface area contributed by atoms with Crippen molar-refractivity contribution in [3.8, 4) is 11.3 Å². The van der Waals surface area contributed by atoms with Gasteiger partial charge in [-0.1, -0.05) is 30.3 Å². The maximum Gasteiger partial charge on any atom is 0.239 e. The second-order valence-corrected chi connectivity index (χ2v) is 6.96. The van der Waals surface area contributed by atoms with Gasteiger partial charge in [-0.2, -0.15) is 0 Å². The smallest absolute Gasteiger partial charge is 0.239 e. The van der Waals surface area contributed by atoms with Crippen LogP contribution in [0.2, 0.25) is 0 Å². The van der Waals surface area contributed by atoms with Gasteiger partial charge in [-0.25, -0.2) is 9.98 Å². The number of guanidine groups is 1. The number of carbonyl (C=O) groups excluding carboxylic acids is 1. The molecule has 0 spiro atoms. The zero-order valence-electron chi connectivity index (χ0n) is 15.9. The molecule has 7 heteroatoms. The zero-order chi connectivity index (χ0) is 19.0. The van der Waals surface area contributed by atoms with Gasteiger partial charge in [0.25, 0.3) is 0 Å². The van der Waals surface area contributed by atoms with Gasteiger partial charge in [-0.3, -0.25) is 4.79 Å². The van der Waals surface area contributed by atoms with Gasteiger partial charge in [0.05, 0.1) is 18.4 Å². The molecule has 0 aliphatic rings. The summed E-state index contributed by atoms with van der Waals surface area (Å²) in [6.07, 6.45) is 1.80. The number of rotatable bonds is 6. The van der Waals surface area contributed by atoms with Gasteiger partial charge in [0.2, 0.25) is 5.91 Å². The number of hydrogen-bond donors (Lipinski definition) is 4. The van der Waals surface area contributed by atoms with E-state index in [1.807, 2.05) is 58.0 Å². The van der Waals surface area contributed by atoms with Crippen LogP contribution in [0.1, 0.15) is 33.5 Å². The highest BCUT2D eigenvalue weighted by molar-refractivity contribution is 5.86. The number of carbonyl (C=O) groups is 1. The van der Waals surface area contributed by atoms with Crippen LogP contribution < -0.4 is 16.0 Å². The first kappa shape index (κ1) is 19.5. The van der Waals surface area contributed by atoms with Gasteiger partial charge >= 0.3 is 0 Å². The van der Waals surface area contributed by atoms with Crippen LogP contribution in [-0.2, 0) is 11.3 Å². The van der Waals surface area contributed by atoms with Crippen LogP contribution in [0.5, 0.6) is 0 Å². The van der Waals surface area contributed by atoms with E-state index < -0.39 is 0 Å². The molecular formula is C19H28N6O. The van der Waals surface area contributed by atoms with E-state index in [9.17, 15) is 4.79 Å². The van der Waals surface area contributed by atoms with Crippen LogP contribution in [-0.4, -0.2) is 40.5 Å². The van der Waals surface area contributed by atoms with E-state index in [0.29, 0.717) is 19.0 Å². The Morgan fingerprint density at radius 1 is 1.19 bits per heavy atom. The van der Waals surface area contributed by atoms with Gasteiger partial charge in [0.1, 0.15) is 12.4 Å². The Bertz CT molecular complexity index is 730. The maximum absolute atomic E-state index is 11.9. The second-order valence-electron chi connectivity index (χ2n) is 6.96. The lowest BCUT2D eigenvalue weighted by Gasteiger charge is -2.21. The normalized spacial score (nSPS) is 11.9. The molecule has 2 aromatic rings. The Labute approximate surface area is 154 Å². The molecule has 0 aliphatic heterocycles. The SMILES string of the molecule is CCNC(=NCc1ncc(-c2ccccc2)[nH]1)NCC(=O)NC(C)(C)C. The molecule has 0 atom stereocenters. The molecule has 140 valence electrons. The lowest BCUT2D eigenvalue weighted by atomic mass is 10.1. The van der Waals surface area contributed by atoms with Crippen molar-refractivity contribution in [2.45, 2.75) is 39.8 Å². The van der Waals surface area contributed by atoms with Crippen molar-refractivity contribution in [3.63, 3.8) is 0 Å². The molecule has 26 heavy (non-hydrogen) atoms. The van der Waals surface area contributed by atoms with Crippen LogP contribution in [0.3, 0.4) is 0 Å². The van der Waals surface area contributed by atoms with Crippen molar-refractivity contribution < 1.29 is 4.79 Å². The first-order valence-corrected chi connectivity index (χ1v) is 8.80. The average molecular weight is 356 g/mol. The molecule has 1 aromatic heterocycles. The lowest BCUT2D eigenvalue weighted by Crippen LogP contribution is -2.48. The Morgan fingerprint density at radius 3 is 2.58 bits per heavy atom. The highest BCUT2D eigenvalue weighted by Crippen LogP contribution is 2.16. The first-order chi connectivity index (χ1) is 12.4. The van der Waals surface area contributed by atoms with E-state index in [4.69, 9.17) is 0 Å². The minimum Gasteiger partial charge on any atom is -0.357 e. The molecule has 1 amide bonds. The lowest BCUT2D eigenvalue weighted by molar-refractivity contribution is -0.121. The maximum atomic E-state index is 11.9. The van der Waals surface area contributed by atoms with Crippen LogP contribution in [0.15, 0.2) is 41.5 Å². The van der Waals surface area contributed by atoms with Gasteiger partial charge in [-0.05, 0) is 33.3 Å². The van der Waals surface area contributed by atoms with Crippen LogP contribution in [0.4, 0.5) is 0 Å². The van der Waals surface area contributed by atoms with Crippen molar-refractivity contribution in [1.82, 2.24) is 25.9 Å². The summed E-state index contributed by atoms with van der Waals surface area (Å²) in [5, 5.41) is 9.07. The van der Waals surface area contributed by atoms with Crippen LogP contribution in [0, 0.1) is 0 Å². The number of imidazole rings is 1. The number of amides is 1. The van der Waals surface area contributed by atoms with Crippen molar-refractivity contribution in [2.75, 3.05) is 13.1 Å². The molecule has 1 aromatic carbocycles. The van der Waals surface area contributed by atoms with Gasteiger partial charge in [0.15, 0.2) is 5.96 Å². The summed E-state index contributed by atoms with van der Waals surface area (Å²) in [6.45, 7) is 9.09. The van der Waals surface area contributed by atoms with E-state index in [-0.39, 0.29) is 18.0 Å². The number of benzene rings is 1. The van der Waals surface area contributed by atoms with Crippen molar-refractivity contribution in [3.05, 3.63) is 42.4 Å². The van der Waals surface area contributed by atoms with Crippen LogP contribution >= 0.6 is 0 Å². The molecule has 4 N–H and O–H groups in total. The fourth-order valence-corrected chi connectivity index (χ4v) is 2.33. The Morgan fingerprint density at radius 2 is 1.92 bits per heavy atom. The number of aliphatic imine (C=N–C) groups is 1. The quantitative estimate of drug-likeness (QED) is 0.471. The number of H-pyrrole nitrogens is 1. The van der Waals surface area contributed by atoms with Crippen molar-refractivity contribution in [2.24, 2.45) is 4.99 Å². The van der Waals surface area contributed by atoms with E-state index in [1.54, 1.807) is 6.20 Å². The van der Waals surface area contributed by atoms with E-state index in [1.165, 1.54) is 0 Å². The summed E-state index contributed by atoms with van der Waals surface area (Å²) in [5.74, 6) is 1.27. The number of aromatic amines is 1. The third-order valence-corrected chi connectivity index (χ3v) is 3.38. The predicted molar refractivity (Wildman–Crippen MR) is 105 cm³/mol. The monoisotopic (exact) mass is 356 g/mol. The fourth-order valence-electron chi connectivity index (χ4n) is 2.33. The number of nitrogens with zero attached hydrogens (tertiary/aromatic N) is 2. The standard InChI is InChI=1S/C19H28N6O/c1-5-20-18(23-13-17(26)25-19(2,3)4)22-12-16-21-11-15(24-16)14-9-7-6-8-10-14/h6-11H,5,12-13H2,1-4H3,(H,21,24)(H,25,26)(H2,20,22,23). The Kier molecular flexibility index (Phi) is 6.77. The largest absolute Gasteiger partial charge is 0.357 e. The fraction of sp³-hybridized carbons (Fsp3) is 0.421. The average Bonchev–Trinajstić information content (AvgIpc) is 3.05. The summed E-state index contributed by atoms with van der Waals surface area (Å²) >= 11 is 0. The minimum atomic E-state index is -0.254. The Balaban J connectivity index is 1.94. The molecule has 0 fully saturated rings. The number of aromatic nitrogens is 2. The molecule has 0 bridgehead atoms. The zero-order valence-corrected chi connectivity index (χ0v) is 15.9. The summed E-state index contributed by atoms with van der Waals surface area (Å²) in [7, 11) is 0. The minimum absolute atomic E-state index is 0.0764. The van der Waals surface area contributed by atoms with Crippen LogP contribution in [0.25, 0.3) is 11.3 Å². The van der Waals surface area contributed by atoms with Crippen molar-refractivity contribution >= 4 is 11.9 Å². The van der Waals surface area contributed by atoms with Gasteiger partial charge < -0.3 is 20.9 Å². The predicted octanol–water partition coefficient (Wildman–Crippen LogP) is 2.05. The third-order valence-electron chi connectivity index (χ3n) is 3.38. The molecule has 7 nitrogen and oxygen atoms in total. The highest BCUT2D eigenvalue weighted by atomic mass is 16.2. The third kappa shape index (κ3) is 6.58. The van der Waals surface area contributed by atoms with E-state index >= 15 is 0 Å². The highest BCUT2D eigenvalue weighted by Gasteiger charge is 2.13. The number of nitrogens with one attached hydrogen (secondary N) is 4. The molecule has 0 aliphatic carbocycles. The van der Waals surface area contributed by atoms with Gasteiger partial charge in [-0.15, -0.1) is 0 Å². The van der Waals surface area contributed by atoms with Crippen molar-refractivity contribution in [1.29, 1.82) is 0 Å². The molecular weight excluding hydrogens is 328 g/mol. The topological polar surface area (TPSA) is 94.2 Å². The molecule has 2 rings (SSSR count). The molecule has 0 saturated heterocycles. The summed E-state index contributed by atoms with van der Waals surface area (Å²) < 4.78 is 0. The molecule has 0 saturated carbocycles. The number of hydrogen-bond acceptors (Lipinski definition) is 3. The second kappa shape index (κ2) is 9.03. The first-order valence-electron chi connectivity index (χ1n) is 8.80. The van der Waals surface area contributed by atoms with Gasteiger partial charge in [0, 0.05) is 12.1 Å². The molecule has 0 unspecified atom stereocenters. The molecule has 0 radical (unpaired) electrons.